The van der Waals surface area contributed by atoms with Gasteiger partial charge in [0, 0.05) is 19.1 Å². The third kappa shape index (κ3) is 2.70. The van der Waals surface area contributed by atoms with Gasteiger partial charge in [0.25, 0.3) is 0 Å². The van der Waals surface area contributed by atoms with Crippen LogP contribution in [0.25, 0.3) is 0 Å². The van der Waals surface area contributed by atoms with E-state index in [-0.39, 0.29) is 36.6 Å². The molecule has 5 heteroatoms. The van der Waals surface area contributed by atoms with E-state index in [4.69, 9.17) is 10.5 Å². The predicted octanol–water partition coefficient (Wildman–Crippen LogP) is 1.81. The van der Waals surface area contributed by atoms with Crippen LogP contribution in [-0.2, 0) is 9.53 Å². The van der Waals surface area contributed by atoms with Gasteiger partial charge in [-0.3, -0.25) is 4.79 Å². The van der Waals surface area contributed by atoms with Crippen LogP contribution in [-0.4, -0.2) is 42.1 Å². The van der Waals surface area contributed by atoms with Crippen LogP contribution in [0.1, 0.15) is 39.5 Å². The van der Waals surface area contributed by atoms with Crippen LogP contribution < -0.4 is 5.73 Å². The molecule has 1 saturated heterocycles. The zero-order chi connectivity index (χ0) is 13.6. The van der Waals surface area contributed by atoms with Gasteiger partial charge in [0.15, 0.2) is 0 Å². The Kier molecular flexibility index (Phi) is 4.98. The molecule has 1 amide bonds. The molecule has 3 rings (SSSR count). The molecule has 6 atom stereocenters. The molecular weight excluding hydrogens is 276 g/mol. The Balaban J connectivity index is 0.00000147. The van der Waals surface area contributed by atoms with Crippen molar-refractivity contribution in [2.45, 2.75) is 57.8 Å². The van der Waals surface area contributed by atoms with E-state index >= 15 is 0 Å². The second-order valence-corrected chi connectivity index (χ2v) is 6.66. The smallest absolute Gasteiger partial charge is 0.227 e. The number of rotatable bonds is 2. The lowest BCUT2D eigenvalue weighted by Crippen LogP contribution is -2.54. The summed E-state index contributed by atoms with van der Waals surface area (Å²) in [6.07, 6.45) is 4.92. The van der Waals surface area contributed by atoms with Gasteiger partial charge in [-0.25, -0.2) is 0 Å². The third-order valence-electron chi connectivity index (χ3n) is 5.36. The maximum absolute atomic E-state index is 12.8. The minimum Gasteiger partial charge on any atom is -0.372 e. The average Bonchev–Trinajstić information content (AvgIpc) is 2.98. The topological polar surface area (TPSA) is 55.6 Å². The maximum atomic E-state index is 12.8. The van der Waals surface area contributed by atoms with Crippen LogP contribution in [0.5, 0.6) is 0 Å². The molecule has 3 fully saturated rings. The summed E-state index contributed by atoms with van der Waals surface area (Å²) in [5.74, 6) is 1.53. The molecule has 2 bridgehead atoms. The van der Waals surface area contributed by atoms with Crippen molar-refractivity contribution >= 4 is 18.3 Å². The van der Waals surface area contributed by atoms with E-state index in [1.165, 1.54) is 19.3 Å². The van der Waals surface area contributed by atoms with Gasteiger partial charge in [-0.2, -0.15) is 0 Å². The van der Waals surface area contributed by atoms with E-state index in [2.05, 4.69) is 13.8 Å². The summed E-state index contributed by atoms with van der Waals surface area (Å²) >= 11 is 0. The molecule has 2 aliphatic carbocycles. The Morgan fingerprint density at radius 2 is 2.00 bits per heavy atom. The van der Waals surface area contributed by atoms with Crippen molar-refractivity contribution in [3.63, 3.8) is 0 Å². The Morgan fingerprint density at radius 1 is 1.30 bits per heavy atom. The molecule has 2 saturated carbocycles. The molecule has 0 aromatic heterocycles. The van der Waals surface area contributed by atoms with Crippen molar-refractivity contribution in [3.05, 3.63) is 0 Å². The number of morpholine rings is 1. The van der Waals surface area contributed by atoms with Crippen molar-refractivity contribution < 1.29 is 9.53 Å². The first kappa shape index (κ1) is 16.1. The minimum atomic E-state index is 0. The lowest BCUT2D eigenvalue weighted by Gasteiger charge is -2.40. The number of carbonyl (C=O) groups excluding carboxylic acids is 1. The Labute approximate surface area is 127 Å². The second-order valence-electron chi connectivity index (χ2n) is 6.66. The molecule has 6 unspecified atom stereocenters. The first-order chi connectivity index (χ1) is 9.10. The fourth-order valence-corrected chi connectivity index (χ4v) is 4.36. The molecule has 0 radical (unpaired) electrons. The van der Waals surface area contributed by atoms with Gasteiger partial charge in [-0.05, 0) is 44.4 Å². The van der Waals surface area contributed by atoms with Crippen LogP contribution in [0, 0.1) is 17.8 Å². The Hall–Kier alpha value is -0.320. The molecule has 2 N–H and O–H groups in total. The van der Waals surface area contributed by atoms with Crippen molar-refractivity contribution in [2.24, 2.45) is 23.5 Å². The fraction of sp³-hybridized carbons (Fsp3) is 0.933. The largest absolute Gasteiger partial charge is 0.372 e. The number of hydrogen-bond donors (Lipinski definition) is 1. The SMILES string of the molecule is CCC1CN(C(=O)C2C3CCC(C3)C2N)CC(C)O1.Cl. The van der Waals surface area contributed by atoms with Crippen molar-refractivity contribution in [3.8, 4) is 0 Å². The van der Waals surface area contributed by atoms with Crippen molar-refractivity contribution in [2.75, 3.05) is 13.1 Å². The average molecular weight is 303 g/mol. The number of fused-ring (bicyclic) bond motifs is 2. The summed E-state index contributed by atoms with van der Waals surface area (Å²) < 4.78 is 5.84. The number of halogens is 1. The van der Waals surface area contributed by atoms with Crippen molar-refractivity contribution in [1.29, 1.82) is 0 Å². The number of hydrogen-bond acceptors (Lipinski definition) is 3. The zero-order valence-electron chi connectivity index (χ0n) is 12.5. The van der Waals surface area contributed by atoms with E-state index in [9.17, 15) is 4.79 Å². The number of carbonyl (C=O) groups is 1. The van der Waals surface area contributed by atoms with E-state index in [1.807, 2.05) is 4.90 Å². The lowest BCUT2D eigenvalue weighted by atomic mass is 9.83. The standard InChI is InChI=1S/C15H26N2O2.ClH/c1-3-12-8-17(7-9(2)19-12)15(18)13-10-4-5-11(6-10)14(13)16;/h9-14H,3-8,16H2,1-2H3;1H. The molecule has 0 spiro atoms. The van der Waals surface area contributed by atoms with Gasteiger partial charge in [0.2, 0.25) is 5.91 Å². The molecule has 1 aliphatic heterocycles. The van der Waals surface area contributed by atoms with Gasteiger partial charge < -0.3 is 15.4 Å². The monoisotopic (exact) mass is 302 g/mol. The van der Waals surface area contributed by atoms with E-state index in [0.29, 0.717) is 17.7 Å². The summed E-state index contributed by atoms with van der Waals surface area (Å²) in [7, 11) is 0. The summed E-state index contributed by atoms with van der Waals surface area (Å²) in [5, 5.41) is 0. The van der Waals surface area contributed by atoms with E-state index < -0.39 is 0 Å². The van der Waals surface area contributed by atoms with Crippen LogP contribution in [0.15, 0.2) is 0 Å². The maximum Gasteiger partial charge on any atom is 0.227 e. The number of nitrogens with zero attached hydrogens (tertiary/aromatic N) is 1. The highest BCUT2D eigenvalue weighted by Gasteiger charge is 2.50. The number of ether oxygens (including phenoxy) is 1. The summed E-state index contributed by atoms with van der Waals surface area (Å²) in [6, 6.07) is 0.101. The van der Waals surface area contributed by atoms with E-state index in [0.717, 1.165) is 19.5 Å². The highest BCUT2D eigenvalue weighted by atomic mass is 35.5. The third-order valence-corrected chi connectivity index (χ3v) is 5.36. The number of amides is 1. The first-order valence-corrected chi connectivity index (χ1v) is 7.80. The fourth-order valence-electron chi connectivity index (χ4n) is 4.36. The van der Waals surface area contributed by atoms with Crippen LogP contribution in [0.3, 0.4) is 0 Å². The quantitative estimate of drug-likeness (QED) is 0.846. The van der Waals surface area contributed by atoms with Gasteiger partial charge in [0.05, 0.1) is 18.1 Å². The minimum absolute atomic E-state index is 0. The Bertz CT molecular complexity index is 364. The molecule has 0 aromatic carbocycles. The van der Waals surface area contributed by atoms with Crippen molar-refractivity contribution in [1.82, 2.24) is 4.90 Å². The molecule has 116 valence electrons. The predicted molar refractivity (Wildman–Crippen MR) is 80.8 cm³/mol. The zero-order valence-corrected chi connectivity index (χ0v) is 13.3. The molecule has 3 aliphatic rings. The van der Waals surface area contributed by atoms with Gasteiger partial charge in [-0.15, -0.1) is 12.4 Å². The molecule has 0 aromatic rings. The number of nitrogens with two attached hydrogens (primary N) is 1. The molecule has 20 heavy (non-hydrogen) atoms. The van der Waals surface area contributed by atoms with Crippen LogP contribution >= 0.6 is 12.4 Å². The van der Waals surface area contributed by atoms with Crippen LogP contribution in [0.2, 0.25) is 0 Å². The summed E-state index contributed by atoms with van der Waals surface area (Å²) in [6.45, 7) is 5.66. The van der Waals surface area contributed by atoms with Gasteiger partial charge in [-0.1, -0.05) is 6.92 Å². The normalized spacial score (nSPS) is 43.5. The summed E-state index contributed by atoms with van der Waals surface area (Å²) in [5.41, 5.74) is 6.29. The molecule has 4 nitrogen and oxygen atoms in total. The second kappa shape index (κ2) is 6.20. The van der Waals surface area contributed by atoms with Gasteiger partial charge >= 0.3 is 0 Å². The molecule has 1 heterocycles. The molecular formula is C15H27ClN2O2. The highest BCUT2D eigenvalue weighted by Crippen LogP contribution is 2.48. The Morgan fingerprint density at radius 3 is 2.60 bits per heavy atom. The summed E-state index contributed by atoms with van der Waals surface area (Å²) in [4.78, 5) is 14.8. The lowest BCUT2D eigenvalue weighted by molar-refractivity contribution is -0.150. The highest BCUT2D eigenvalue weighted by molar-refractivity contribution is 5.85. The first-order valence-electron chi connectivity index (χ1n) is 7.80. The van der Waals surface area contributed by atoms with Gasteiger partial charge in [0.1, 0.15) is 0 Å². The van der Waals surface area contributed by atoms with Crippen LogP contribution in [0.4, 0.5) is 0 Å². The van der Waals surface area contributed by atoms with E-state index in [1.54, 1.807) is 0 Å².